The van der Waals surface area contributed by atoms with Gasteiger partial charge in [-0.15, -0.1) is 0 Å². The molecule has 1 N–H and O–H groups in total. The van der Waals surface area contributed by atoms with Gasteiger partial charge in [-0.1, -0.05) is 11.3 Å². The van der Waals surface area contributed by atoms with Crippen LogP contribution < -0.4 is 15.8 Å². The summed E-state index contributed by atoms with van der Waals surface area (Å²) in [6, 6.07) is 8.33. The van der Waals surface area contributed by atoms with Crippen molar-refractivity contribution in [3.8, 4) is 11.3 Å². The van der Waals surface area contributed by atoms with Crippen LogP contribution in [-0.4, -0.2) is 40.3 Å². The monoisotopic (exact) mass is 381 g/mol. The van der Waals surface area contributed by atoms with Gasteiger partial charge < -0.3 is 14.6 Å². The predicted octanol–water partition coefficient (Wildman–Crippen LogP) is 2.67. The van der Waals surface area contributed by atoms with Crippen molar-refractivity contribution in [2.75, 3.05) is 24.5 Å². The van der Waals surface area contributed by atoms with E-state index in [2.05, 4.69) is 33.3 Å². The Balaban J connectivity index is 1.55. The lowest BCUT2D eigenvalue weighted by atomic mass is 10.1. The SMILES string of the molecule is Cc1nn2cc(-c3cc4ccc(N5CCN[C@H](C)C5)cc4oc3=O)nc2s1. The molecule has 0 spiro atoms. The summed E-state index contributed by atoms with van der Waals surface area (Å²) in [6.07, 6.45) is 1.77. The van der Waals surface area contributed by atoms with Crippen molar-refractivity contribution < 1.29 is 4.42 Å². The topological polar surface area (TPSA) is 75.7 Å². The lowest BCUT2D eigenvalue weighted by molar-refractivity contribution is 0.484. The van der Waals surface area contributed by atoms with Crippen molar-refractivity contribution in [3.05, 3.63) is 45.9 Å². The lowest BCUT2D eigenvalue weighted by Gasteiger charge is -2.33. The molecule has 1 atom stereocenters. The van der Waals surface area contributed by atoms with Crippen LogP contribution in [0.2, 0.25) is 0 Å². The Morgan fingerprint density at radius 1 is 1.33 bits per heavy atom. The molecule has 0 bridgehead atoms. The molecule has 3 aromatic heterocycles. The zero-order valence-corrected chi connectivity index (χ0v) is 15.9. The molecule has 0 unspecified atom stereocenters. The summed E-state index contributed by atoms with van der Waals surface area (Å²) in [6.45, 7) is 6.93. The molecule has 27 heavy (non-hydrogen) atoms. The summed E-state index contributed by atoms with van der Waals surface area (Å²) >= 11 is 1.49. The maximum Gasteiger partial charge on any atom is 0.345 e. The number of fused-ring (bicyclic) bond motifs is 2. The Hall–Kier alpha value is -2.71. The zero-order chi connectivity index (χ0) is 18.5. The summed E-state index contributed by atoms with van der Waals surface area (Å²) in [5.74, 6) is 0. The van der Waals surface area contributed by atoms with Gasteiger partial charge in [0.2, 0.25) is 4.96 Å². The number of nitrogens with zero attached hydrogens (tertiary/aromatic N) is 4. The molecule has 5 rings (SSSR count). The lowest BCUT2D eigenvalue weighted by Crippen LogP contribution is -2.49. The Labute approximate surface area is 159 Å². The number of benzene rings is 1. The quantitative estimate of drug-likeness (QED) is 0.538. The van der Waals surface area contributed by atoms with E-state index in [1.165, 1.54) is 11.3 Å². The van der Waals surface area contributed by atoms with Crippen LogP contribution in [0.1, 0.15) is 11.9 Å². The Bertz CT molecular complexity index is 1180. The second kappa shape index (κ2) is 6.17. The maximum absolute atomic E-state index is 12.6. The molecule has 8 heteroatoms. The summed E-state index contributed by atoms with van der Waals surface area (Å²) < 4.78 is 7.34. The van der Waals surface area contributed by atoms with Gasteiger partial charge in [0.1, 0.15) is 10.6 Å². The van der Waals surface area contributed by atoms with Gasteiger partial charge in [-0.3, -0.25) is 0 Å². The molecule has 0 aliphatic carbocycles. The van der Waals surface area contributed by atoms with E-state index in [1.807, 2.05) is 25.1 Å². The third-order valence-electron chi connectivity index (χ3n) is 4.87. The molecular weight excluding hydrogens is 362 g/mol. The van der Waals surface area contributed by atoms with E-state index in [4.69, 9.17) is 4.42 Å². The van der Waals surface area contributed by atoms with Crippen molar-refractivity contribution in [2.24, 2.45) is 0 Å². The Kier molecular flexibility index (Phi) is 3.76. The number of rotatable bonds is 2. The third-order valence-corrected chi connectivity index (χ3v) is 5.71. The summed E-state index contributed by atoms with van der Waals surface area (Å²) in [4.78, 5) is 20.2. The minimum absolute atomic E-state index is 0.379. The molecule has 7 nitrogen and oxygen atoms in total. The van der Waals surface area contributed by atoms with Crippen molar-refractivity contribution in [1.29, 1.82) is 0 Å². The number of anilines is 1. The van der Waals surface area contributed by atoms with Crippen molar-refractivity contribution in [2.45, 2.75) is 19.9 Å². The summed E-state index contributed by atoms with van der Waals surface area (Å²) in [5.41, 5.74) is 2.35. The van der Waals surface area contributed by atoms with E-state index in [-0.39, 0.29) is 5.63 Å². The smallest absolute Gasteiger partial charge is 0.345 e. The molecule has 1 saturated heterocycles. The van der Waals surface area contributed by atoms with Gasteiger partial charge in [-0.2, -0.15) is 5.10 Å². The third kappa shape index (κ3) is 2.90. The van der Waals surface area contributed by atoms with E-state index < -0.39 is 0 Å². The fourth-order valence-electron chi connectivity index (χ4n) is 3.57. The number of hydrogen-bond acceptors (Lipinski definition) is 7. The standard InChI is InChI=1S/C19H19N5O2S/c1-11-9-23(6-5-20-11)14-4-3-13-7-15(18(25)26-17(13)8-14)16-10-24-19(21-16)27-12(2)22-24/h3-4,7-8,10-11,20H,5-6,9H2,1-2H3/t11-/m1/s1. The van der Waals surface area contributed by atoms with Crippen molar-refractivity contribution >= 4 is 33.0 Å². The molecule has 1 aliphatic heterocycles. The normalized spacial score (nSPS) is 17.9. The number of aryl methyl sites for hydroxylation is 1. The van der Waals surface area contributed by atoms with Gasteiger partial charge in [-0.05, 0) is 32.0 Å². The average Bonchev–Trinajstić information content (AvgIpc) is 3.18. The molecule has 4 heterocycles. The number of aromatic nitrogens is 3. The number of hydrogen-bond donors (Lipinski definition) is 1. The summed E-state index contributed by atoms with van der Waals surface area (Å²) in [5, 5.41) is 9.61. The van der Waals surface area contributed by atoms with Gasteiger partial charge in [0.05, 0.1) is 17.5 Å². The summed E-state index contributed by atoms with van der Waals surface area (Å²) in [7, 11) is 0. The predicted molar refractivity (Wildman–Crippen MR) is 107 cm³/mol. The molecule has 1 aliphatic rings. The van der Waals surface area contributed by atoms with E-state index in [9.17, 15) is 4.79 Å². The molecular formula is C19H19N5O2S. The molecule has 1 fully saturated rings. The van der Waals surface area contributed by atoms with Crippen molar-refractivity contribution in [1.82, 2.24) is 19.9 Å². The van der Waals surface area contributed by atoms with E-state index in [1.54, 1.807) is 10.7 Å². The second-order valence-corrected chi connectivity index (χ2v) is 8.11. The van der Waals surface area contributed by atoms with Crippen LogP contribution >= 0.6 is 11.3 Å². The minimum Gasteiger partial charge on any atom is -0.422 e. The fraction of sp³-hybridized carbons (Fsp3) is 0.316. The number of imidazole rings is 1. The van der Waals surface area contributed by atoms with Crippen LogP contribution in [0.4, 0.5) is 5.69 Å². The molecule has 0 amide bonds. The highest BCUT2D eigenvalue weighted by molar-refractivity contribution is 7.16. The highest BCUT2D eigenvalue weighted by Gasteiger charge is 2.18. The van der Waals surface area contributed by atoms with E-state index in [0.717, 1.165) is 40.7 Å². The molecule has 1 aromatic carbocycles. The Morgan fingerprint density at radius 2 is 2.22 bits per heavy atom. The van der Waals surface area contributed by atoms with Gasteiger partial charge in [-0.25, -0.2) is 14.3 Å². The highest BCUT2D eigenvalue weighted by Crippen LogP contribution is 2.26. The van der Waals surface area contributed by atoms with Gasteiger partial charge in [0.25, 0.3) is 0 Å². The van der Waals surface area contributed by atoms with Crippen molar-refractivity contribution in [3.63, 3.8) is 0 Å². The van der Waals surface area contributed by atoms with Crippen LogP contribution in [0.25, 0.3) is 27.2 Å². The molecule has 4 aromatic rings. The van der Waals surface area contributed by atoms with E-state index in [0.29, 0.717) is 22.9 Å². The first-order chi connectivity index (χ1) is 13.1. The Morgan fingerprint density at radius 3 is 3.04 bits per heavy atom. The maximum atomic E-state index is 12.6. The van der Waals surface area contributed by atoms with Gasteiger partial charge in [0.15, 0.2) is 0 Å². The van der Waals surface area contributed by atoms with Crippen LogP contribution in [0.15, 0.2) is 39.7 Å². The molecule has 0 radical (unpaired) electrons. The van der Waals surface area contributed by atoms with Crippen LogP contribution in [0.3, 0.4) is 0 Å². The first-order valence-corrected chi connectivity index (χ1v) is 9.78. The van der Waals surface area contributed by atoms with E-state index >= 15 is 0 Å². The average molecular weight is 381 g/mol. The van der Waals surface area contributed by atoms with Gasteiger partial charge in [0, 0.05) is 42.8 Å². The van der Waals surface area contributed by atoms with Crippen LogP contribution in [0, 0.1) is 6.92 Å². The van der Waals surface area contributed by atoms with Crippen LogP contribution in [0.5, 0.6) is 0 Å². The largest absolute Gasteiger partial charge is 0.422 e. The second-order valence-electron chi connectivity index (χ2n) is 6.95. The molecule has 138 valence electrons. The molecule has 0 saturated carbocycles. The number of piperazine rings is 1. The minimum atomic E-state index is -0.379. The zero-order valence-electron chi connectivity index (χ0n) is 15.1. The first-order valence-electron chi connectivity index (χ1n) is 8.96. The fourth-order valence-corrected chi connectivity index (χ4v) is 4.30. The number of nitrogens with one attached hydrogen (secondary N) is 1. The van der Waals surface area contributed by atoms with Gasteiger partial charge >= 0.3 is 5.63 Å². The highest BCUT2D eigenvalue weighted by atomic mass is 32.1. The van der Waals surface area contributed by atoms with Crippen LogP contribution in [-0.2, 0) is 0 Å². The first kappa shape index (κ1) is 16.5.